The number of rotatable bonds is 47. The van der Waals surface area contributed by atoms with Crippen LogP contribution in [-0.2, 0) is 14.3 Å². The van der Waals surface area contributed by atoms with E-state index < -0.39 is 12.1 Å². The zero-order valence-corrected chi connectivity index (χ0v) is 38.8. The fourth-order valence-corrected chi connectivity index (χ4v) is 7.79. The monoisotopic (exact) mass is 818 g/mol. The first-order valence-electron chi connectivity index (χ1n) is 25.6. The summed E-state index contributed by atoms with van der Waals surface area (Å²) in [5, 5.41) is 23.0. The van der Waals surface area contributed by atoms with Gasteiger partial charge in [0.15, 0.2) is 0 Å². The fraction of sp³-hybridized carbons (Fsp3) is 0.885. The molecule has 0 bridgehead atoms. The number of esters is 1. The van der Waals surface area contributed by atoms with Gasteiger partial charge in [-0.25, -0.2) is 0 Å². The first-order chi connectivity index (χ1) is 28.5. The average Bonchev–Trinajstić information content (AvgIpc) is 3.22. The molecule has 2 unspecified atom stereocenters. The van der Waals surface area contributed by atoms with E-state index in [1.54, 1.807) is 0 Å². The second-order valence-electron chi connectivity index (χ2n) is 17.5. The van der Waals surface area contributed by atoms with Crippen LogP contribution in [0.15, 0.2) is 24.3 Å². The summed E-state index contributed by atoms with van der Waals surface area (Å²) in [5.41, 5.74) is 0. The van der Waals surface area contributed by atoms with Gasteiger partial charge in [0, 0.05) is 12.8 Å². The molecule has 0 aliphatic rings. The number of allylic oxidation sites excluding steroid dienone is 4. The zero-order valence-electron chi connectivity index (χ0n) is 38.8. The molecule has 0 rings (SSSR count). The van der Waals surface area contributed by atoms with Gasteiger partial charge in [0.05, 0.1) is 25.4 Å². The van der Waals surface area contributed by atoms with Gasteiger partial charge in [0.2, 0.25) is 5.91 Å². The highest BCUT2D eigenvalue weighted by Crippen LogP contribution is 2.16. The quantitative estimate of drug-likeness (QED) is 0.0323. The van der Waals surface area contributed by atoms with Crippen LogP contribution >= 0.6 is 0 Å². The second-order valence-corrected chi connectivity index (χ2v) is 17.5. The summed E-state index contributed by atoms with van der Waals surface area (Å²) in [5.74, 6) is -0.0604. The fourth-order valence-electron chi connectivity index (χ4n) is 7.79. The summed E-state index contributed by atoms with van der Waals surface area (Å²) < 4.78 is 5.47. The summed E-state index contributed by atoms with van der Waals surface area (Å²) in [7, 11) is 0. The van der Waals surface area contributed by atoms with E-state index in [4.69, 9.17) is 4.74 Å². The summed E-state index contributed by atoms with van der Waals surface area (Å²) >= 11 is 0. The number of unbranched alkanes of at least 4 members (excludes halogenated alkanes) is 32. The van der Waals surface area contributed by atoms with Crippen molar-refractivity contribution in [3.05, 3.63) is 24.3 Å². The lowest BCUT2D eigenvalue weighted by atomic mass is 10.0. The van der Waals surface area contributed by atoms with Gasteiger partial charge in [-0.05, 0) is 57.8 Å². The third kappa shape index (κ3) is 43.9. The topological polar surface area (TPSA) is 95.9 Å². The van der Waals surface area contributed by atoms with E-state index in [0.29, 0.717) is 25.9 Å². The van der Waals surface area contributed by atoms with Crippen molar-refractivity contribution in [2.45, 2.75) is 283 Å². The van der Waals surface area contributed by atoms with E-state index in [9.17, 15) is 19.8 Å². The van der Waals surface area contributed by atoms with Crippen molar-refractivity contribution in [1.82, 2.24) is 5.32 Å². The van der Waals surface area contributed by atoms with E-state index in [-0.39, 0.29) is 18.5 Å². The molecule has 3 N–H and O–H groups in total. The van der Waals surface area contributed by atoms with Crippen LogP contribution in [0.5, 0.6) is 0 Å². The molecule has 0 aliphatic carbocycles. The van der Waals surface area contributed by atoms with E-state index in [1.165, 1.54) is 180 Å². The van der Waals surface area contributed by atoms with Gasteiger partial charge in [-0.1, -0.05) is 224 Å². The largest absolute Gasteiger partial charge is 0.466 e. The Morgan fingerprint density at radius 3 is 1.34 bits per heavy atom. The molecular formula is C52H99NO5. The molecule has 0 heterocycles. The van der Waals surface area contributed by atoms with Gasteiger partial charge in [0.1, 0.15) is 0 Å². The molecule has 6 nitrogen and oxygen atoms in total. The van der Waals surface area contributed by atoms with Crippen LogP contribution in [0, 0.1) is 0 Å². The van der Waals surface area contributed by atoms with Gasteiger partial charge in [0.25, 0.3) is 0 Å². The van der Waals surface area contributed by atoms with Gasteiger partial charge < -0.3 is 20.3 Å². The second kappa shape index (κ2) is 48.0. The van der Waals surface area contributed by atoms with Crippen LogP contribution in [0.3, 0.4) is 0 Å². The number of hydrogen-bond donors (Lipinski definition) is 3. The van der Waals surface area contributed by atoms with Crippen molar-refractivity contribution >= 4 is 11.9 Å². The summed E-state index contributed by atoms with van der Waals surface area (Å²) in [6.45, 7) is 4.88. The number of amides is 1. The summed E-state index contributed by atoms with van der Waals surface area (Å²) in [6.07, 6.45) is 55.8. The van der Waals surface area contributed by atoms with E-state index in [2.05, 4.69) is 43.5 Å². The molecule has 342 valence electrons. The first-order valence-corrected chi connectivity index (χ1v) is 25.6. The Kier molecular flexibility index (Phi) is 46.6. The highest BCUT2D eigenvalue weighted by Gasteiger charge is 2.20. The Morgan fingerprint density at radius 1 is 0.483 bits per heavy atom. The molecule has 0 saturated heterocycles. The molecule has 0 aliphatic heterocycles. The van der Waals surface area contributed by atoms with Crippen molar-refractivity contribution in [2.75, 3.05) is 13.2 Å². The van der Waals surface area contributed by atoms with Gasteiger partial charge in [-0.15, -0.1) is 0 Å². The highest BCUT2D eigenvalue weighted by molar-refractivity contribution is 5.76. The van der Waals surface area contributed by atoms with Crippen molar-refractivity contribution in [2.24, 2.45) is 0 Å². The normalized spacial score (nSPS) is 12.8. The number of carbonyl (C=O) groups excluding carboxylic acids is 2. The highest BCUT2D eigenvalue weighted by atomic mass is 16.5. The SMILES string of the molecule is CCCCC/C=C\C/C=C\CCCCCCCCCCCC(=O)OCCCCCCCCCCCCCCCC(=O)NC(CO)C(O)CCCCCCCCCCC. The van der Waals surface area contributed by atoms with E-state index in [1.807, 2.05) is 0 Å². The van der Waals surface area contributed by atoms with Crippen LogP contribution in [0.4, 0.5) is 0 Å². The maximum absolute atomic E-state index is 12.4. The first kappa shape index (κ1) is 56.3. The van der Waals surface area contributed by atoms with E-state index in [0.717, 1.165) is 57.8 Å². The standard InChI is InChI=1S/C52H99NO5/c1-3-5-7-9-11-13-14-15-16-17-18-19-20-23-26-30-34-38-42-46-52(57)58-47-43-39-35-31-27-24-21-22-25-29-33-37-41-45-51(56)53-49(48-54)50(55)44-40-36-32-28-12-10-8-6-4-2/h11,13,15-16,49-50,54-55H,3-10,12,14,17-48H2,1-2H3,(H,53,56)/b13-11-,16-15-. The molecule has 0 saturated carbocycles. The third-order valence-electron chi connectivity index (χ3n) is 11.8. The number of nitrogens with one attached hydrogen (secondary N) is 1. The molecule has 58 heavy (non-hydrogen) atoms. The average molecular weight is 818 g/mol. The van der Waals surface area contributed by atoms with Crippen LogP contribution in [0.25, 0.3) is 0 Å². The lowest BCUT2D eigenvalue weighted by Gasteiger charge is -2.22. The smallest absolute Gasteiger partial charge is 0.305 e. The molecule has 0 aromatic rings. The Hall–Kier alpha value is -1.66. The molecule has 2 atom stereocenters. The molecule has 0 radical (unpaired) electrons. The van der Waals surface area contributed by atoms with Crippen molar-refractivity contribution in [1.29, 1.82) is 0 Å². The van der Waals surface area contributed by atoms with Gasteiger partial charge in [-0.3, -0.25) is 9.59 Å². The lowest BCUT2D eigenvalue weighted by Crippen LogP contribution is -2.45. The molecule has 0 fully saturated rings. The number of aliphatic hydroxyl groups excluding tert-OH is 2. The molecule has 6 heteroatoms. The van der Waals surface area contributed by atoms with Crippen LogP contribution in [0.1, 0.15) is 271 Å². The summed E-state index contributed by atoms with van der Waals surface area (Å²) in [4.78, 5) is 24.4. The zero-order chi connectivity index (χ0) is 42.3. The third-order valence-corrected chi connectivity index (χ3v) is 11.8. The minimum atomic E-state index is -0.670. The van der Waals surface area contributed by atoms with E-state index >= 15 is 0 Å². The summed E-state index contributed by atoms with van der Waals surface area (Å²) in [6, 6.07) is -0.549. The predicted octanol–water partition coefficient (Wildman–Crippen LogP) is 15.1. The molecule has 0 aromatic heterocycles. The van der Waals surface area contributed by atoms with Crippen molar-refractivity contribution in [3.63, 3.8) is 0 Å². The number of aliphatic hydroxyl groups is 2. The molecule has 0 spiro atoms. The lowest BCUT2D eigenvalue weighted by molar-refractivity contribution is -0.143. The predicted molar refractivity (Wildman–Crippen MR) is 250 cm³/mol. The van der Waals surface area contributed by atoms with Gasteiger partial charge >= 0.3 is 5.97 Å². The Labute approximate surface area is 361 Å². The Morgan fingerprint density at radius 2 is 0.862 bits per heavy atom. The number of hydrogen-bond acceptors (Lipinski definition) is 5. The molecule has 0 aromatic carbocycles. The maximum atomic E-state index is 12.4. The van der Waals surface area contributed by atoms with Crippen LogP contribution in [-0.4, -0.2) is 47.4 Å². The number of carbonyl (C=O) groups is 2. The van der Waals surface area contributed by atoms with Crippen molar-refractivity contribution in [3.8, 4) is 0 Å². The molecular weight excluding hydrogens is 719 g/mol. The Balaban J connectivity index is 3.41. The molecule has 1 amide bonds. The maximum Gasteiger partial charge on any atom is 0.305 e. The minimum absolute atomic E-state index is 0.00973. The van der Waals surface area contributed by atoms with Crippen LogP contribution in [0.2, 0.25) is 0 Å². The minimum Gasteiger partial charge on any atom is -0.466 e. The number of ether oxygens (including phenoxy) is 1. The van der Waals surface area contributed by atoms with Gasteiger partial charge in [-0.2, -0.15) is 0 Å². The Bertz CT molecular complexity index is 904. The van der Waals surface area contributed by atoms with Crippen molar-refractivity contribution < 1.29 is 24.5 Å². The van der Waals surface area contributed by atoms with Crippen LogP contribution < -0.4 is 5.32 Å².